The summed E-state index contributed by atoms with van der Waals surface area (Å²) in [5, 5.41) is 0. The number of benzene rings is 1. The first-order chi connectivity index (χ1) is 18.3. The lowest BCUT2D eigenvalue weighted by Crippen LogP contribution is -2.46. The van der Waals surface area contributed by atoms with Crippen LogP contribution >= 0.6 is 0 Å². The number of rotatable bonds is 7. The molecule has 0 heterocycles. The summed E-state index contributed by atoms with van der Waals surface area (Å²) < 4.78 is 31.8. The van der Waals surface area contributed by atoms with Crippen molar-refractivity contribution in [2.75, 3.05) is 0 Å². The van der Waals surface area contributed by atoms with Crippen LogP contribution in [0.1, 0.15) is 92.1 Å². The fourth-order valence-corrected chi connectivity index (χ4v) is 9.71. The molecule has 0 N–H and O–H groups in total. The van der Waals surface area contributed by atoms with Crippen molar-refractivity contribution >= 4 is 10.1 Å². The molecule has 0 aromatic heterocycles. The zero-order chi connectivity index (χ0) is 28.2. The Balaban J connectivity index is 1.32. The van der Waals surface area contributed by atoms with Gasteiger partial charge in [-0.2, -0.15) is 8.42 Å². The molecule has 0 spiro atoms. The normalized spacial score (nSPS) is 36.1. The number of hydrogen-bond donors (Lipinski definition) is 0. The average molecular weight is 551 g/mol. The fraction of sp³-hybridized carbons (Fsp3) is 0.657. The number of aryl methyl sites for hydroxylation is 1. The molecule has 3 nitrogen and oxygen atoms in total. The molecule has 0 aliphatic heterocycles. The third-order valence-electron chi connectivity index (χ3n) is 11.6. The molecule has 0 saturated heterocycles. The molecule has 4 aliphatic rings. The van der Waals surface area contributed by atoms with Gasteiger partial charge < -0.3 is 0 Å². The van der Waals surface area contributed by atoms with Crippen molar-refractivity contribution in [3.8, 4) is 0 Å². The summed E-state index contributed by atoms with van der Waals surface area (Å²) in [6, 6.07) is 6.97. The van der Waals surface area contributed by atoms with E-state index in [2.05, 4.69) is 65.8 Å². The van der Waals surface area contributed by atoms with Crippen LogP contribution in [-0.2, 0) is 14.3 Å². The van der Waals surface area contributed by atoms with Crippen molar-refractivity contribution in [3.05, 3.63) is 65.3 Å². The monoisotopic (exact) mass is 550 g/mol. The molecular weight excluding hydrogens is 500 g/mol. The SMILES string of the molecule is Cc1ccc(S(=O)(=O)OC2CCC3(C)C(=CC=C4[C@@H]3CCC3(C)[C@@H](C(C)/C=C/[C@@H](C)C(C)C)CC[C@@H]43)C2)cc1. The van der Waals surface area contributed by atoms with Crippen LogP contribution < -0.4 is 0 Å². The van der Waals surface area contributed by atoms with E-state index in [0.717, 1.165) is 24.3 Å². The van der Waals surface area contributed by atoms with Gasteiger partial charge in [-0.3, -0.25) is 4.18 Å². The Hall–Kier alpha value is -1.65. The van der Waals surface area contributed by atoms with Crippen LogP contribution in [0.5, 0.6) is 0 Å². The first kappa shape index (κ1) is 28.9. The van der Waals surface area contributed by atoms with Crippen LogP contribution in [0.3, 0.4) is 0 Å². The topological polar surface area (TPSA) is 43.4 Å². The molecule has 39 heavy (non-hydrogen) atoms. The number of fused-ring (bicyclic) bond motifs is 5. The third-order valence-corrected chi connectivity index (χ3v) is 13.0. The minimum absolute atomic E-state index is 0.120. The van der Waals surface area contributed by atoms with E-state index in [9.17, 15) is 8.42 Å². The highest BCUT2D eigenvalue weighted by atomic mass is 32.2. The predicted octanol–water partition coefficient (Wildman–Crippen LogP) is 9.05. The Kier molecular flexibility index (Phi) is 7.87. The average Bonchev–Trinajstić information content (AvgIpc) is 3.24. The largest absolute Gasteiger partial charge is 0.297 e. The molecule has 214 valence electrons. The maximum absolute atomic E-state index is 13.0. The van der Waals surface area contributed by atoms with Gasteiger partial charge in [-0.15, -0.1) is 0 Å². The van der Waals surface area contributed by atoms with Crippen molar-refractivity contribution in [2.45, 2.75) is 104 Å². The molecule has 3 fully saturated rings. The van der Waals surface area contributed by atoms with Crippen molar-refractivity contribution in [2.24, 2.45) is 46.3 Å². The summed E-state index contributed by atoms with van der Waals surface area (Å²) in [4.78, 5) is 0.256. The highest BCUT2D eigenvalue weighted by Gasteiger charge is 2.57. The van der Waals surface area contributed by atoms with Crippen molar-refractivity contribution in [1.29, 1.82) is 0 Å². The maximum atomic E-state index is 13.0. The lowest BCUT2D eigenvalue weighted by Gasteiger charge is -2.55. The van der Waals surface area contributed by atoms with Crippen LogP contribution in [0.15, 0.2) is 64.6 Å². The standard InChI is InChI=1S/C35H50O3S/c1-23(2)25(4)10-11-26(5)31-16-17-32-30-15-12-27-22-28(38-39(36,37)29-13-8-24(3)9-14-29)18-20-34(27,6)33(30)19-21-35(31,32)7/h8-15,23,25-26,28,31-33H,16-22H2,1-7H3/b11-10+/t25-,26?,28?,31-,32+,33+,34?,35?/m1/s1. The van der Waals surface area contributed by atoms with Crippen LogP contribution in [0.2, 0.25) is 0 Å². The van der Waals surface area contributed by atoms with Gasteiger partial charge in [0.25, 0.3) is 10.1 Å². The van der Waals surface area contributed by atoms with E-state index in [0.29, 0.717) is 41.4 Å². The second kappa shape index (κ2) is 10.6. The quantitative estimate of drug-likeness (QED) is 0.251. The van der Waals surface area contributed by atoms with E-state index in [1.54, 1.807) is 17.7 Å². The van der Waals surface area contributed by atoms with Crippen molar-refractivity contribution in [1.82, 2.24) is 0 Å². The molecule has 5 rings (SSSR count). The summed E-state index contributed by atoms with van der Waals surface area (Å²) in [7, 11) is -3.76. The van der Waals surface area contributed by atoms with Crippen LogP contribution in [0.25, 0.3) is 0 Å². The molecule has 4 unspecified atom stereocenters. The number of allylic oxidation sites excluding steroid dienone is 5. The molecule has 1 aromatic carbocycles. The fourth-order valence-electron chi connectivity index (χ4n) is 8.60. The predicted molar refractivity (Wildman–Crippen MR) is 161 cm³/mol. The summed E-state index contributed by atoms with van der Waals surface area (Å²) in [6.45, 7) is 16.4. The van der Waals surface area contributed by atoms with Gasteiger partial charge in [0.15, 0.2) is 0 Å². The lowest BCUT2D eigenvalue weighted by atomic mass is 9.50. The molecular formula is C35H50O3S. The van der Waals surface area contributed by atoms with Crippen molar-refractivity contribution in [3.63, 3.8) is 0 Å². The van der Waals surface area contributed by atoms with E-state index in [1.165, 1.54) is 31.3 Å². The first-order valence-electron chi connectivity index (χ1n) is 15.4. The van der Waals surface area contributed by atoms with Gasteiger partial charge >= 0.3 is 0 Å². The Morgan fingerprint density at radius 1 is 0.897 bits per heavy atom. The van der Waals surface area contributed by atoms with Gasteiger partial charge in [-0.05, 0) is 110 Å². The minimum atomic E-state index is -3.76. The van der Waals surface area contributed by atoms with E-state index in [1.807, 2.05) is 19.1 Å². The molecule has 4 aliphatic carbocycles. The van der Waals surface area contributed by atoms with Gasteiger partial charge in [0.2, 0.25) is 0 Å². The summed E-state index contributed by atoms with van der Waals surface area (Å²) in [5.41, 5.74) is 4.62. The lowest BCUT2D eigenvalue weighted by molar-refractivity contribution is 0.0439. The Labute approximate surface area is 238 Å². The van der Waals surface area contributed by atoms with Gasteiger partial charge in [0.1, 0.15) is 0 Å². The molecule has 1 aromatic rings. The first-order valence-corrected chi connectivity index (χ1v) is 16.9. The summed E-state index contributed by atoms with van der Waals surface area (Å²) >= 11 is 0. The molecule has 3 saturated carbocycles. The molecule has 4 heteroatoms. The van der Waals surface area contributed by atoms with E-state index >= 15 is 0 Å². The minimum Gasteiger partial charge on any atom is -0.263 e. The van der Waals surface area contributed by atoms with Crippen LogP contribution in [-0.4, -0.2) is 14.5 Å². The highest BCUT2D eigenvalue weighted by molar-refractivity contribution is 7.86. The maximum Gasteiger partial charge on any atom is 0.297 e. The van der Waals surface area contributed by atoms with E-state index in [-0.39, 0.29) is 16.4 Å². The van der Waals surface area contributed by atoms with Gasteiger partial charge in [0, 0.05) is 0 Å². The second-order valence-electron chi connectivity index (χ2n) is 14.2. The smallest absolute Gasteiger partial charge is 0.263 e. The zero-order valence-corrected chi connectivity index (χ0v) is 26.1. The molecule has 8 atom stereocenters. The Morgan fingerprint density at radius 3 is 2.31 bits per heavy atom. The summed E-state index contributed by atoms with van der Waals surface area (Å²) in [6.07, 6.45) is 17.2. The van der Waals surface area contributed by atoms with Gasteiger partial charge in [0.05, 0.1) is 11.0 Å². The Morgan fingerprint density at radius 2 is 1.62 bits per heavy atom. The van der Waals surface area contributed by atoms with Crippen molar-refractivity contribution < 1.29 is 12.6 Å². The van der Waals surface area contributed by atoms with Crippen LogP contribution in [0.4, 0.5) is 0 Å². The third kappa shape index (κ3) is 5.25. The Bertz CT molecular complexity index is 1250. The van der Waals surface area contributed by atoms with Crippen LogP contribution in [0, 0.1) is 53.3 Å². The molecule has 0 amide bonds. The second-order valence-corrected chi connectivity index (χ2v) is 15.8. The van der Waals surface area contributed by atoms with E-state index in [4.69, 9.17) is 4.18 Å². The number of hydrogen-bond acceptors (Lipinski definition) is 3. The van der Waals surface area contributed by atoms with Gasteiger partial charge in [-0.25, -0.2) is 0 Å². The van der Waals surface area contributed by atoms with E-state index < -0.39 is 10.1 Å². The summed E-state index contributed by atoms with van der Waals surface area (Å²) in [5.74, 6) is 3.93. The van der Waals surface area contributed by atoms with Gasteiger partial charge in [-0.1, -0.05) is 94.7 Å². The zero-order valence-electron chi connectivity index (χ0n) is 25.2. The highest BCUT2D eigenvalue weighted by Crippen LogP contribution is 2.66. The molecule has 0 radical (unpaired) electrons. The molecule has 0 bridgehead atoms.